The fourth-order valence-corrected chi connectivity index (χ4v) is 1.62. The molecule has 0 aliphatic heterocycles. The van der Waals surface area contributed by atoms with Crippen molar-refractivity contribution in [3.8, 4) is 11.6 Å². The van der Waals surface area contributed by atoms with Crippen molar-refractivity contribution in [2.24, 2.45) is 0 Å². The van der Waals surface area contributed by atoms with Crippen LogP contribution in [0.4, 0.5) is 23.5 Å². The van der Waals surface area contributed by atoms with Crippen molar-refractivity contribution in [2.45, 2.75) is 6.18 Å². The van der Waals surface area contributed by atoms with Crippen LogP contribution < -0.4 is 14.4 Å². The van der Waals surface area contributed by atoms with Crippen molar-refractivity contribution in [3.05, 3.63) is 36.3 Å². The molecule has 0 spiro atoms. The van der Waals surface area contributed by atoms with E-state index in [4.69, 9.17) is 14.6 Å². The Bertz CT molecular complexity index is 713. The number of carbonyl (C=O) groups is 1. The first-order valence-electron chi connectivity index (χ1n) is 6.10. The molecule has 0 saturated carbocycles. The van der Waals surface area contributed by atoms with Gasteiger partial charge in [-0.25, -0.2) is 4.79 Å². The number of alkyl halides is 3. The average Bonchev–Trinajstić information content (AvgIpc) is 2.51. The van der Waals surface area contributed by atoms with Crippen molar-refractivity contribution in [1.29, 1.82) is 0 Å². The Morgan fingerprint density at radius 1 is 1.33 bits per heavy atom. The molecule has 0 aliphatic carbocycles. The predicted octanol–water partition coefficient (Wildman–Crippen LogP) is 1.88. The number of benzene rings is 1. The van der Waals surface area contributed by atoms with Gasteiger partial charge in [0.15, 0.2) is 0 Å². The molecule has 2 radical (unpaired) electrons. The molecule has 1 aromatic heterocycles. The minimum Gasteiger partial charge on any atom is -0.475 e. The van der Waals surface area contributed by atoms with Gasteiger partial charge in [0, 0.05) is 0 Å². The van der Waals surface area contributed by atoms with Crippen molar-refractivity contribution < 1.29 is 32.2 Å². The number of nitrogens with one attached hydrogen (secondary N) is 1. The summed E-state index contributed by atoms with van der Waals surface area (Å²) in [5, 5.41) is 9.93. The molecular weight excluding hydrogens is 397 g/mol. The monoisotopic (exact) mass is 407 g/mol. The van der Waals surface area contributed by atoms with Gasteiger partial charge in [-0.3, -0.25) is 0 Å². The van der Waals surface area contributed by atoms with Gasteiger partial charge in [0.05, 0.1) is 0 Å². The van der Waals surface area contributed by atoms with Crippen LogP contribution >= 0.6 is 0 Å². The van der Waals surface area contributed by atoms with Gasteiger partial charge in [-0.2, -0.15) is 13.2 Å². The molecule has 11 heteroatoms. The van der Waals surface area contributed by atoms with Crippen LogP contribution in [0, 0.1) is 5.82 Å². The number of carboxylic acid groups (broad SMARTS) is 1. The largest absolute Gasteiger partial charge is 0.490 e. The Balaban J connectivity index is 0.000000351. The fraction of sp³-hybridized carbons (Fsp3) is 0.154. The minimum absolute atomic E-state index is 0.282. The summed E-state index contributed by atoms with van der Waals surface area (Å²) in [6.45, 7) is 0. The van der Waals surface area contributed by atoms with Crippen LogP contribution in [0.3, 0.4) is 0 Å². The molecule has 1 heterocycles. The van der Waals surface area contributed by atoms with Gasteiger partial charge in [-0.1, -0.05) is 0 Å². The average molecular weight is 407 g/mol. The molecule has 0 unspecified atom stereocenters. The topological polar surface area (TPSA) is 84.3 Å². The van der Waals surface area contributed by atoms with Gasteiger partial charge in [-0.05, 0) is 0 Å². The number of anilines is 1. The van der Waals surface area contributed by atoms with E-state index in [1.165, 1.54) is 6.07 Å². The van der Waals surface area contributed by atoms with E-state index < -0.39 is 12.1 Å². The zero-order chi connectivity index (χ0) is 18.3. The van der Waals surface area contributed by atoms with E-state index in [0.717, 1.165) is 0 Å². The van der Waals surface area contributed by atoms with Crippen molar-refractivity contribution in [3.63, 3.8) is 0 Å². The summed E-state index contributed by atoms with van der Waals surface area (Å²) < 4.78 is 50.7. The molecule has 2 rings (SSSR count). The number of hydrogen-bond acceptors (Lipinski definition) is 5. The first kappa shape index (κ1) is 19.7. The quantitative estimate of drug-likeness (QED) is 0.597. The molecule has 128 valence electrons. The second kappa shape index (κ2) is 8.49. The molecule has 0 atom stereocenters. The molecule has 0 amide bonds. The third kappa shape index (κ3) is 6.41. The van der Waals surface area contributed by atoms with Crippen LogP contribution in [0.1, 0.15) is 0 Å². The fourth-order valence-electron chi connectivity index (χ4n) is 1.20. The van der Waals surface area contributed by atoms with Crippen LogP contribution in [0.2, 0.25) is 0 Å². The number of halogens is 4. The molecule has 1 aromatic carbocycles. The summed E-state index contributed by atoms with van der Waals surface area (Å²) in [6.07, 6.45) is -3.50. The van der Waals surface area contributed by atoms with Gasteiger partial charge >= 0.3 is 119 Å². The van der Waals surface area contributed by atoms with E-state index >= 15 is 0 Å². The smallest absolute Gasteiger partial charge is 0.475 e. The number of aromatic nitrogens is 2. The third-order valence-electron chi connectivity index (χ3n) is 2.24. The zero-order valence-corrected chi connectivity index (χ0v) is 13.9. The summed E-state index contributed by atoms with van der Waals surface area (Å²) >= 11 is 2.15. The molecule has 0 bridgehead atoms. The van der Waals surface area contributed by atoms with Gasteiger partial charge in [0.25, 0.3) is 0 Å². The van der Waals surface area contributed by atoms with Crippen molar-refractivity contribution >= 4 is 33.1 Å². The van der Waals surface area contributed by atoms with Crippen molar-refractivity contribution in [1.82, 2.24) is 9.97 Å². The van der Waals surface area contributed by atoms with E-state index in [-0.39, 0.29) is 5.82 Å². The van der Waals surface area contributed by atoms with Gasteiger partial charge in [0.2, 0.25) is 0 Å². The van der Waals surface area contributed by atoms with Crippen LogP contribution in [0.5, 0.6) is 11.6 Å². The second-order valence-electron chi connectivity index (χ2n) is 3.99. The van der Waals surface area contributed by atoms with Crippen LogP contribution in [0.25, 0.3) is 0 Å². The summed E-state index contributed by atoms with van der Waals surface area (Å²) in [4.78, 5) is 17.0. The number of ether oxygens (including phenoxy) is 1. The number of aliphatic carboxylic acids is 1. The molecule has 24 heavy (non-hydrogen) atoms. The third-order valence-corrected chi connectivity index (χ3v) is 2.96. The Morgan fingerprint density at radius 2 is 1.96 bits per heavy atom. The van der Waals surface area contributed by atoms with E-state index in [2.05, 4.69) is 32.1 Å². The first-order chi connectivity index (χ1) is 11.1. The van der Waals surface area contributed by atoms with Gasteiger partial charge in [-0.15, -0.1) is 0 Å². The Kier molecular flexibility index (Phi) is 6.96. The maximum absolute atomic E-state index is 13.0. The number of rotatable bonds is 3. The van der Waals surface area contributed by atoms with Gasteiger partial charge < -0.3 is 5.11 Å². The summed E-state index contributed by atoms with van der Waals surface area (Å²) in [5.41, 5.74) is 0. The SMILES string of the molecule is CNc1nccc(Oc2ccc(F)c([As])c2)n1.O=C(O)C(F)(F)F. The van der Waals surface area contributed by atoms with Gasteiger partial charge in [0.1, 0.15) is 0 Å². The normalized spacial score (nSPS) is 10.4. The minimum atomic E-state index is -5.08. The standard InChI is InChI=1S/C11H9AsFN3O.C2HF3O2/c1-14-11-15-5-4-10(16-11)17-7-2-3-9(13)8(12)6-7;3-2(4,5)1(6)7/h2-6H,1H3,(H,14,15,16);(H,6,7). The zero-order valence-electron chi connectivity index (χ0n) is 12.0. The Labute approximate surface area is 142 Å². The summed E-state index contributed by atoms with van der Waals surface area (Å²) in [7, 11) is 1.72. The molecule has 6 nitrogen and oxygen atoms in total. The summed E-state index contributed by atoms with van der Waals surface area (Å²) in [6, 6.07) is 6.13. The van der Waals surface area contributed by atoms with Crippen LogP contribution in [-0.2, 0) is 4.79 Å². The number of hydrogen-bond donors (Lipinski definition) is 2. The first-order valence-corrected chi connectivity index (χ1v) is 7.04. The maximum Gasteiger partial charge on any atom is 0.490 e. The number of nitrogens with zero attached hydrogens (tertiary/aromatic N) is 2. The van der Waals surface area contributed by atoms with Crippen LogP contribution in [-0.4, -0.2) is 51.1 Å². The maximum atomic E-state index is 13.0. The number of carboxylic acids is 1. The molecule has 0 fully saturated rings. The molecule has 2 N–H and O–H groups in total. The molecule has 0 saturated heterocycles. The van der Waals surface area contributed by atoms with Crippen molar-refractivity contribution in [2.75, 3.05) is 12.4 Å². The van der Waals surface area contributed by atoms with E-state index in [9.17, 15) is 17.6 Å². The molecule has 2 aromatic rings. The molecule has 0 aliphatic rings. The summed E-state index contributed by atoms with van der Waals surface area (Å²) in [5.74, 6) is -1.63. The van der Waals surface area contributed by atoms with E-state index in [1.807, 2.05) is 0 Å². The second-order valence-corrected chi connectivity index (χ2v) is 5.00. The van der Waals surface area contributed by atoms with E-state index in [0.29, 0.717) is 21.9 Å². The predicted molar refractivity (Wildman–Crippen MR) is 77.1 cm³/mol. The van der Waals surface area contributed by atoms with Crippen LogP contribution in [0.15, 0.2) is 30.5 Å². The van der Waals surface area contributed by atoms with E-state index in [1.54, 1.807) is 31.4 Å². The molecular formula is C13H10AsF4N3O3. The Morgan fingerprint density at radius 3 is 2.46 bits per heavy atom. The Hall–Kier alpha value is -2.35.